The number of halogens is 1. The van der Waals surface area contributed by atoms with Crippen LogP contribution in [0.3, 0.4) is 0 Å². The smallest absolute Gasteiger partial charge is 0.412 e. The lowest BCUT2D eigenvalue weighted by Crippen LogP contribution is -2.27. The second-order valence-electron chi connectivity index (χ2n) is 9.43. The van der Waals surface area contributed by atoms with Crippen molar-refractivity contribution in [3.05, 3.63) is 70.1 Å². The molecule has 1 aliphatic heterocycles. The van der Waals surface area contributed by atoms with Crippen molar-refractivity contribution >= 4 is 33.7 Å². The molecule has 0 bridgehead atoms. The van der Waals surface area contributed by atoms with Gasteiger partial charge < -0.3 is 18.8 Å². The van der Waals surface area contributed by atoms with Gasteiger partial charge in [0.05, 0.1) is 30.5 Å². The third kappa shape index (κ3) is 4.88. The number of hydrogen-bond donors (Lipinski definition) is 2. The number of rotatable bonds is 6. The van der Waals surface area contributed by atoms with Crippen LogP contribution >= 0.6 is 15.9 Å². The van der Waals surface area contributed by atoms with Crippen LogP contribution in [0, 0.1) is 6.92 Å². The predicted molar refractivity (Wildman–Crippen MR) is 141 cm³/mol. The largest absolute Gasteiger partial charge is 0.477 e. The molecule has 4 rings (SSSR count). The quantitative estimate of drug-likeness (QED) is 0.267. The number of carboxylic acids is 1. The number of nitrogens with one attached hydrogen (secondary N) is 1. The number of aromatic nitrogens is 2. The molecule has 2 N–H and O–H groups in total. The molecule has 0 spiro atoms. The average molecular weight is 554 g/mol. The lowest BCUT2D eigenvalue weighted by atomic mass is 10.0. The van der Waals surface area contributed by atoms with E-state index in [0.29, 0.717) is 23.6 Å². The van der Waals surface area contributed by atoms with E-state index in [1.165, 1.54) is 0 Å². The number of anilines is 1. The Morgan fingerprint density at radius 1 is 1.17 bits per heavy atom. The SMILES string of the molecule is CCc1nc(C)c(C(=O)O)n1Cc1c2ccocc-2c(Br)c1-c1ccccc1NC(=O)OC(C)(C)C. The molecule has 1 aliphatic carbocycles. The minimum atomic E-state index is -1.03. The highest BCUT2D eigenvalue weighted by Crippen LogP contribution is 2.48. The first-order valence-electron chi connectivity index (χ1n) is 11.6. The van der Waals surface area contributed by atoms with Gasteiger partial charge in [0, 0.05) is 27.6 Å². The van der Waals surface area contributed by atoms with Crippen LogP contribution in [0.1, 0.15) is 55.3 Å². The van der Waals surface area contributed by atoms with Crippen LogP contribution in [-0.4, -0.2) is 32.3 Å². The second kappa shape index (κ2) is 9.81. The lowest BCUT2D eigenvalue weighted by molar-refractivity contribution is 0.0633. The number of aryl methyl sites for hydroxylation is 2. The summed E-state index contributed by atoms with van der Waals surface area (Å²) in [5, 5.41) is 12.8. The van der Waals surface area contributed by atoms with Crippen LogP contribution in [0.4, 0.5) is 10.5 Å². The van der Waals surface area contributed by atoms with Gasteiger partial charge in [0.2, 0.25) is 0 Å². The van der Waals surface area contributed by atoms with E-state index in [1.54, 1.807) is 50.9 Å². The molecular weight excluding hydrogens is 526 g/mol. The zero-order valence-electron chi connectivity index (χ0n) is 20.8. The maximum atomic E-state index is 12.6. The molecule has 8 nitrogen and oxygen atoms in total. The summed E-state index contributed by atoms with van der Waals surface area (Å²) in [7, 11) is 0. The maximum Gasteiger partial charge on any atom is 0.412 e. The Morgan fingerprint density at radius 2 is 1.89 bits per heavy atom. The number of carboxylic acid groups (broad SMARTS) is 1. The van der Waals surface area contributed by atoms with Gasteiger partial charge in [-0.1, -0.05) is 25.1 Å². The van der Waals surface area contributed by atoms with Gasteiger partial charge in [-0.15, -0.1) is 0 Å². The number of carbonyl (C=O) groups excluding carboxylic acids is 1. The first kappa shape index (κ1) is 25.5. The minimum absolute atomic E-state index is 0.157. The van der Waals surface area contributed by atoms with Crippen molar-refractivity contribution in [2.24, 2.45) is 0 Å². The molecule has 0 unspecified atom stereocenters. The molecule has 0 saturated carbocycles. The predicted octanol–water partition coefficient (Wildman–Crippen LogP) is 6.97. The second-order valence-corrected chi connectivity index (χ2v) is 10.2. The van der Waals surface area contributed by atoms with E-state index in [0.717, 1.165) is 32.3 Å². The molecular formula is C27H28BrN3O5. The monoisotopic (exact) mass is 553 g/mol. The van der Waals surface area contributed by atoms with E-state index in [9.17, 15) is 14.7 Å². The Hall–Kier alpha value is -3.59. The Balaban J connectivity index is 1.91. The maximum absolute atomic E-state index is 12.6. The molecule has 0 fully saturated rings. The summed E-state index contributed by atoms with van der Waals surface area (Å²) in [5.74, 6) is -0.347. The van der Waals surface area contributed by atoms with E-state index in [1.807, 2.05) is 31.2 Å². The highest BCUT2D eigenvalue weighted by molar-refractivity contribution is 9.10. The topological polar surface area (TPSA) is 107 Å². The molecule has 188 valence electrons. The van der Waals surface area contributed by atoms with E-state index in [2.05, 4.69) is 26.2 Å². The van der Waals surface area contributed by atoms with Crippen LogP contribution in [0.5, 0.6) is 0 Å². The van der Waals surface area contributed by atoms with Gasteiger partial charge in [-0.25, -0.2) is 14.6 Å². The van der Waals surface area contributed by atoms with Crippen molar-refractivity contribution in [1.29, 1.82) is 0 Å². The molecule has 36 heavy (non-hydrogen) atoms. The zero-order valence-corrected chi connectivity index (χ0v) is 22.4. The molecule has 9 heteroatoms. The van der Waals surface area contributed by atoms with Crippen molar-refractivity contribution in [3.8, 4) is 22.3 Å². The third-order valence-electron chi connectivity index (χ3n) is 5.76. The molecule has 0 saturated heterocycles. The number of para-hydroxylation sites is 1. The highest BCUT2D eigenvalue weighted by Gasteiger charge is 2.28. The number of fused-ring (bicyclic) bond motifs is 1. The Labute approximate surface area is 217 Å². The van der Waals surface area contributed by atoms with Crippen LogP contribution < -0.4 is 5.32 Å². The normalized spacial score (nSPS) is 11.6. The summed E-state index contributed by atoms with van der Waals surface area (Å²) < 4.78 is 13.4. The standard InChI is InChI=1S/C27H28BrN3O5/c1-6-21-29-15(2)24(25(32)33)31(21)13-18-16-11-12-35-14-19(16)23(28)22(18)17-9-7-8-10-20(17)30-26(34)36-27(3,4)5/h7-12,14H,6,13H2,1-5H3,(H,30,34)(H,32,33). The molecule has 2 aromatic rings. The Bertz CT molecular complexity index is 1410. The number of ether oxygens (including phenoxy) is 1. The summed E-state index contributed by atoms with van der Waals surface area (Å²) in [4.78, 5) is 29.2. The number of benzene rings is 1. The molecule has 0 radical (unpaired) electrons. The zero-order chi connectivity index (χ0) is 26.2. The van der Waals surface area contributed by atoms with Gasteiger partial charge in [-0.3, -0.25) is 5.32 Å². The fourth-order valence-corrected chi connectivity index (χ4v) is 5.13. The van der Waals surface area contributed by atoms with Gasteiger partial charge in [0.25, 0.3) is 0 Å². The van der Waals surface area contributed by atoms with Crippen LogP contribution in [0.25, 0.3) is 22.3 Å². The van der Waals surface area contributed by atoms with Gasteiger partial charge in [0.15, 0.2) is 5.69 Å². The fraction of sp³-hybridized carbons (Fsp3) is 0.296. The summed E-state index contributed by atoms with van der Waals surface area (Å²) in [6.45, 7) is 9.34. The van der Waals surface area contributed by atoms with Crippen molar-refractivity contribution < 1.29 is 23.8 Å². The number of nitrogens with zero attached hydrogens (tertiary/aromatic N) is 2. The number of imidazole rings is 1. The lowest BCUT2D eigenvalue weighted by Gasteiger charge is -2.21. The first-order chi connectivity index (χ1) is 17.0. The van der Waals surface area contributed by atoms with E-state index < -0.39 is 17.7 Å². The van der Waals surface area contributed by atoms with Crippen molar-refractivity contribution in [3.63, 3.8) is 0 Å². The molecule has 1 aromatic heterocycles. The average Bonchev–Trinajstić information content (AvgIpc) is 3.27. The van der Waals surface area contributed by atoms with Crippen LogP contribution in [0.2, 0.25) is 0 Å². The van der Waals surface area contributed by atoms with Gasteiger partial charge in [-0.2, -0.15) is 0 Å². The summed E-state index contributed by atoms with van der Waals surface area (Å²) in [6, 6.07) is 9.29. The van der Waals surface area contributed by atoms with Crippen molar-refractivity contribution in [2.45, 2.75) is 53.2 Å². The van der Waals surface area contributed by atoms with Crippen LogP contribution in [-0.2, 0) is 17.7 Å². The number of carbonyl (C=O) groups is 2. The highest BCUT2D eigenvalue weighted by atomic mass is 79.9. The van der Waals surface area contributed by atoms with Crippen molar-refractivity contribution in [1.82, 2.24) is 9.55 Å². The molecule has 1 aromatic carbocycles. The first-order valence-corrected chi connectivity index (χ1v) is 12.4. The summed E-state index contributed by atoms with van der Waals surface area (Å²) in [6.07, 6.45) is 3.25. The number of amides is 1. The molecule has 0 atom stereocenters. The van der Waals surface area contributed by atoms with Crippen LogP contribution in [0.15, 0.2) is 51.7 Å². The van der Waals surface area contributed by atoms with Crippen molar-refractivity contribution in [2.75, 3.05) is 5.32 Å². The summed E-state index contributed by atoms with van der Waals surface area (Å²) >= 11 is 3.75. The minimum Gasteiger partial charge on any atom is -0.477 e. The summed E-state index contributed by atoms with van der Waals surface area (Å²) in [5.41, 5.74) is 4.74. The fourth-order valence-electron chi connectivity index (χ4n) is 4.37. The molecule has 2 aliphatic rings. The Kier molecular flexibility index (Phi) is 6.95. The van der Waals surface area contributed by atoms with Gasteiger partial charge >= 0.3 is 12.1 Å². The van der Waals surface area contributed by atoms with Gasteiger partial charge in [0.1, 0.15) is 11.4 Å². The third-order valence-corrected chi connectivity index (χ3v) is 6.58. The van der Waals surface area contributed by atoms with E-state index in [4.69, 9.17) is 9.15 Å². The Morgan fingerprint density at radius 3 is 2.56 bits per heavy atom. The number of hydrogen-bond acceptors (Lipinski definition) is 5. The number of aromatic carboxylic acids is 1. The molecule has 1 amide bonds. The molecule has 2 heterocycles. The van der Waals surface area contributed by atoms with Gasteiger partial charge in [-0.05, 0) is 66.9 Å². The van der Waals surface area contributed by atoms with E-state index >= 15 is 0 Å². The van der Waals surface area contributed by atoms with E-state index in [-0.39, 0.29) is 12.2 Å².